The summed E-state index contributed by atoms with van der Waals surface area (Å²) in [5.74, 6) is 1.65. The molecule has 1 unspecified atom stereocenters. The molecule has 114 valence electrons. The average molecular weight is 331 g/mol. The summed E-state index contributed by atoms with van der Waals surface area (Å²) in [4.78, 5) is 10.9. The molecular weight excluding hydrogens is 314 g/mol. The minimum Gasteiger partial charge on any atom is -0.365 e. The van der Waals surface area contributed by atoms with Crippen LogP contribution in [0.5, 0.6) is 0 Å². The fourth-order valence-electron chi connectivity index (χ4n) is 2.30. The van der Waals surface area contributed by atoms with Crippen LogP contribution in [-0.2, 0) is 17.3 Å². The first-order valence-corrected chi connectivity index (χ1v) is 9.37. The molecule has 1 atom stereocenters. The van der Waals surface area contributed by atoms with Crippen molar-refractivity contribution >= 4 is 38.2 Å². The number of anilines is 1. The molecule has 1 aromatic carbocycles. The van der Waals surface area contributed by atoms with E-state index in [0.717, 1.165) is 32.3 Å². The van der Waals surface area contributed by atoms with Gasteiger partial charge in [-0.3, -0.25) is 4.21 Å². The SMILES string of the molecule is Cc1nc(NCc2ccc(S(C)=O)cc2)c2c(C)csc2n1. The van der Waals surface area contributed by atoms with Gasteiger partial charge < -0.3 is 5.32 Å². The predicted octanol–water partition coefficient (Wildman–Crippen LogP) is 3.66. The van der Waals surface area contributed by atoms with Gasteiger partial charge in [-0.2, -0.15) is 0 Å². The lowest BCUT2D eigenvalue weighted by molar-refractivity contribution is 0.687. The highest BCUT2D eigenvalue weighted by Gasteiger charge is 2.10. The second kappa shape index (κ2) is 6.14. The van der Waals surface area contributed by atoms with Crippen LogP contribution in [0, 0.1) is 13.8 Å². The van der Waals surface area contributed by atoms with Gasteiger partial charge in [-0.25, -0.2) is 9.97 Å². The van der Waals surface area contributed by atoms with Gasteiger partial charge in [-0.05, 0) is 42.5 Å². The Kier molecular flexibility index (Phi) is 4.22. The second-order valence-corrected chi connectivity index (χ2v) is 7.41. The lowest BCUT2D eigenvalue weighted by Gasteiger charge is -2.09. The Labute approximate surface area is 136 Å². The highest BCUT2D eigenvalue weighted by Crippen LogP contribution is 2.29. The molecule has 0 aliphatic heterocycles. The topological polar surface area (TPSA) is 54.9 Å². The molecule has 0 saturated heterocycles. The monoisotopic (exact) mass is 331 g/mol. The third-order valence-electron chi connectivity index (χ3n) is 3.44. The van der Waals surface area contributed by atoms with Gasteiger partial charge in [0.1, 0.15) is 16.5 Å². The third kappa shape index (κ3) is 3.03. The molecule has 1 N–H and O–H groups in total. The summed E-state index contributed by atoms with van der Waals surface area (Å²) in [7, 11) is -0.936. The summed E-state index contributed by atoms with van der Waals surface area (Å²) in [5.41, 5.74) is 2.32. The summed E-state index contributed by atoms with van der Waals surface area (Å²) in [5, 5.41) is 6.61. The molecule has 2 aromatic heterocycles. The second-order valence-electron chi connectivity index (χ2n) is 5.17. The summed E-state index contributed by atoms with van der Waals surface area (Å²) < 4.78 is 11.4. The molecule has 0 saturated carbocycles. The molecule has 4 nitrogen and oxygen atoms in total. The van der Waals surface area contributed by atoms with Gasteiger partial charge in [0.15, 0.2) is 0 Å². The Morgan fingerprint density at radius 2 is 1.91 bits per heavy atom. The molecule has 0 radical (unpaired) electrons. The highest BCUT2D eigenvalue weighted by atomic mass is 32.2. The first-order chi connectivity index (χ1) is 10.5. The van der Waals surface area contributed by atoms with E-state index in [2.05, 4.69) is 27.6 Å². The fraction of sp³-hybridized carbons (Fsp3) is 0.250. The Morgan fingerprint density at radius 1 is 1.18 bits per heavy atom. The van der Waals surface area contributed by atoms with Crippen LogP contribution in [0.2, 0.25) is 0 Å². The highest BCUT2D eigenvalue weighted by molar-refractivity contribution is 7.84. The molecule has 0 fully saturated rings. The maximum Gasteiger partial charge on any atom is 0.139 e. The van der Waals surface area contributed by atoms with E-state index in [1.165, 1.54) is 5.56 Å². The number of nitrogens with zero attached hydrogens (tertiary/aromatic N) is 2. The number of hydrogen-bond acceptors (Lipinski definition) is 5. The van der Waals surface area contributed by atoms with Crippen molar-refractivity contribution in [1.29, 1.82) is 0 Å². The Balaban J connectivity index is 1.84. The molecule has 0 aliphatic rings. The Bertz CT molecular complexity index is 840. The van der Waals surface area contributed by atoms with E-state index in [-0.39, 0.29) is 0 Å². The Morgan fingerprint density at radius 3 is 2.59 bits per heavy atom. The van der Waals surface area contributed by atoms with Gasteiger partial charge in [0, 0.05) is 28.5 Å². The van der Waals surface area contributed by atoms with Crippen molar-refractivity contribution in [2.24, 2.45) is 0 Å². The molecule has 0 spiro atoms. The molecule has 0 aliphatic carbocycles. The number of aromatic nitrogens is 2. The number of fused-ring (bicyclic) bond motifs is 1. The van der Waals surface area contributed by atoms with Crippen molar-refractivity contribution in [2.45, 2.75) is 25.3 Å². The van der Waals surface area contributed by atoms with Crippen LogP contribution in [0.4, 0.5) is 5.82 Å². The van der Waals surface area contributed by atoms with Crippen LogP contribution < -0.4 is 5.32 Å². The van der Waals surface area contributed by atoms with Gasteiger partial charge in [-0.1, -0.05) is 12.1 Å². The largest absolute Gasteiger partial charge is 0.365 e. The molecule has 0 bridgehead atoms. The standard InChI is InChI=1S/C16H17N3OS2/c1-10-9-21-16-14(10)15(18-11(2)19-16)17-8-12-4-6-13(7-5-12)22(3)20/h4-7,9H,8H2,1-3H3,(H,17,18,19). The van der Waals surface area contributed by atoms with Gasteiger partial charge in [0.05, 0.1) is 5.39 Å². The van der Waals surface area contributed by atoms with E-state index in [0.29, 0.717) is 6.54 Å². The molecule has 2 heterocycles. The molecular formula is C16H17N3OS2. The minimum absolute atomic E-state index is 0.678. The van der Waals surface area contributed by atoms with Crippen molar-refractivity contribution in [3.63, 3.8) is 0 Å². The zero-order chi connectivity index (χ0) is 15.7. The maximum absolute atomic E-state index is 11.4. The number of thiophene rings is 1. The van der Waals surface area contributed by atoms with Crippen LogP contribution >= 0.6 is 11.3 Å². The molecule has 3 rings (SSSR count). The van der Waals surface area contributed by atoms with Gasteiger partial charge in [0.25, 0.3) is 0 Å². The van der Waals surface area contributed by atoms with Crippen LogP contribution in [0.15, 0.2) is 34.5 Å². The van der Waals surface area contributed by atoms with Crippen LogP contribution in [0.3, 0.4) is 0 Å². The third-order valence-corrected chi connectivity index (χ3v) is 5.37. The summed E-state index contributed by atoms with van der Waals surface area (Å²) in [6.45, 7) is 4.66. The number of nitrogens with one attached hydrogen (secondary N) is 1. The van der Waals surface area contributed by atoms with E-state index < -0.39 is 10.8 Å². The number of rotatable bonds is 4. The van der Waals surface area contributed by atoms with Crippen molar-refractivity contribution < 1.29 is 4.21 Å². The molecule has 3 aromatic rings. The number of aryl methyl sites for hydroxylation is 2. The van der Waals surface area contributed by atoms with E-state index in [9.17, 15) is 4.21 Å². The van der Waals surface area contributed by atoms with E-state index in [1.54, 1.807) is 17.6 Å². The lowest BCUT2D eigenvalue weighted by Crippen LogP contribution is -2.04. The predicted molar refractivity (Wildman–Crippen MR) is 93.0 cm³/mol. The fourth-order valence-corrected chi connectivity index (χ4v) is 3.79. The summed E-state index contributed by atoms with van der Waals surface area (Å²) in [6, 6.07) is 7.80. The number of benzene rings is 1. The summed E-state index contributed by atoms with van der Waals surface area (Å²) in [6.07, 6.45) is 1.69. The van der Waals surface area contributed by atoms with E-state index in [4.69, 9.17) is 0 Å². The van der Waals surface area contributed by atoms with Crippen molar-refractivity contribution in [3.8, 4) is 0 Å². The van der Waals surface area contributed by atoms with Gasteiger partial charge >= 0.3 is 0 Å². The van der Waals surface area contributed by atoms with Crippen LogP contribution in [0.25, 0.3) is 10.2 Å². The summed E-state index contributed by atoms with van der Waals surface area (Å²) >= 11 is 1.64. The zero-order valence-corrected chi connectivity index (χ0v) is 14.3. The van der Waals surface area contributed by atoms with E-state index >= 15 is 0 Å². The Hall–Kier alpha value is -1.79. The van der Waals surface area contributed by atoms with Crippen molar-refractivity contribution in [2.75, 3.05) is 11.6 Å². The van der Waals surface area contributed by atoms with Crippen LogP contribution in [0.1, 0.15) is 17.0 Å². The quantitative estimate of drug-likeness (QED) is 0.793. The zero-order valence-electron chi connectivity index (χ0n) is 12.7. The average Bonchev–Trinajstić information content (AvgIpc) is 2.86. The lowest BCUT2D eigenvalue weighted by atomic mass is 10.2. The van der Waals surface area contributed by atoms with Crippen molar-refractivity contribution in [3.05, 3.63) is 46.6 Å². The van der Waals surface area contributed by atoms with Gasteiger partial charge in [0.2, 0.25) is 0 Å². The normalized spacial score (nSPS) is 12.5. The molecule has 6 heteroatoms. The van der Waals surface area contributed by atoms with Crippen molar-refractivity contribution in [1.82, 2.24) is 9.97 Å². The first-order valence-electron chi connectivity index (χ1n) is 6.93. The number of hydrogen-bond donors (Lipinski definition) is 1. The molecule has 0 amide bonds. The smallest absolute Gasteiger partial charge is 0.139 e. The maximum atomic E-state index is 11.4. The van der Waals surface area contributed by atoms with E-state index in [1.807, 2.05) is 31.2 Å². The molecule has 22 heavy (non-hydrogen) atoms. The minimum atomic E-state index is -0.936. The van der Waals surface area contributed by atoms with Crippen LogP contribution in [-0.4, -0.2) is 20.4 Å². The first kappa shape index (κ1) is 15.1. The van der Waals surface area contributed by atoms with Gasteiger partial charge in [-0.15, -0.1) is 11.3 Å².